The quantitative estimate of drug-likeness (QED) is 0.802. The summed E-state index contributed by atoms with van der Waals surface area (Å²) in [5.41, 5.74) is 0.0870. The van der Waals surface area contributed by atoms with Gasteiger partial charge in [0.05, 0.1) is 9.89 Å². The molecule has 0 spiro atoms. The third kappa shape index (κ3) is 2.33. The van der Waals surface area contributed by atoms with E-state index in [1.54, 1.807) is 11.3 Å². The van der Waals surface area contributed by atoms with Gasteiger partial charge in [0, 0.05) is 9.35 Å². The van der Waals surface area contributed by atoms with Crippen LogP contribution in [0.5, 0.6) is 0 Å². The number of halogens is 2. The highest BCUT2D eigenvalue weighted by atomic mass is 79.9. The lowest BCUT2D eigenvalue weighted by molar-refractivity contribution is 0.0437. The van der Waals surface area contributed by atoms with Crippen molar-refractivity contribution >= 4 is 43.2 Å². The van der Waals surface area contributed by atoms with Crippen LogP contribution >= 0.6 is 43.2 Å². The highest BCUT2D eigenvalue weighted by Crippen LogP contribution is 2.49. The molecule has 1 fully saturated rings. The minimum atomic E-state index is -0.312. The normalized spacial score (nSPS) is 21.9. The SMILES string of the molecule is CC1(C(O)c2cc(Br)c(Br)s2)CCCC1. The second kappa shape index (κ2) is 4.47. The Kier molecular flexibility index (Phi) is 3.61. The fourth-order valence-corrected chi connectivity index (χ4v) is 4.55. The molecule has 4 heteroatoms. The molecular weight excluding hydrogens is 340 g/mol. The molecule has 1 aliphatic carbocycles. The van der Waals surface area contributed by atoms with Crippen LogP contribution in [0.15, 0.2) is 14.3 Å². The monoisotopic (exact) mass is 352 g/mol. The van der Waals surface area contributed by atoms with Gasteiger partial charge in [0.25, 0.3) is 0 Å². The van der Waals surface area contributed by atoms with Gasteiger partial charge >= 0.3 is 0 Å². The van der Waals surface area contributed by atoms with Crippen LogP contribution in [0, 0.1) is 5.41 Å². The van der Waals surface area contributed by atoms with Crippen LogP contribution < -0.4 is 0 Å². The minimum Gasteiger partial charge on any atom is -0.387 e. The molecule has 1 aromatic rings. The summed E-state index contributed by atoms with van der Waals surface area (Å²) in [5, 5.41) is 10.4. The molecule has 1 atom stereocenters. The van der Waals surface area contributed by atoms with Gasteiger partial charge in [-0.1, -0.05) is 19.8 Å². The molecule has 0 aliphatic heterocycles. The summed E-state index contributed by atoms with van der Waals surface area (Å²) in [6.45, 7) is 2.20. The van der Waals surface area contributed by atoms with Gasteiger partial charge in [-0.3, -0.25) is 0 Å². The van der Waals surface area contributed by atoms with Crippen LogP contribution in [-0.4, -0.2) is 5.11 Å². The van der Waals surface area contributed by atoms with Gasteiger partial charge in [0.2, 0.25) is 0 Å². The second-order valence-electron chi connectivity index (χ2n) is 4.53. The van der Waals surface area contributed by atoms with Crippen molar-refractivity contribution in [1.82, 2.24) is 0 Å². The Bertz CT molecular complexity index is 336. The summed E-state index contributed by atoms with van der Waals surface area (Å²) in [7, 11) is 0. The topological polar surface area (TPSA) is 20.2 Å². The molecule has 0 aromatic carbocycles. The molecule has 1 unspecified atom stereocenters. The highest BCUT2D eigenvalue weighted by molar-refractivity contribution is 9.13. The van der Waals surface area contributed by atoms with Gasteiger partial charge in [0.1, 0.15) is 0 Å². The lowest BCUT2D eigenvalue weighted by Gasteiger charge is -2.29. The predicted octanol–water partition coefficient (Wildman–Crippen LogP) is 4.89. The second-order valence-corrected chi connectivity index (χ2v) is 7.79. The highest BCUT2D eigenvalue weighted by Gasteiger charge is 2.37. The molecule has 0 amide bonds. The van der Waals surface area contributed by atoms with E-state index in [1.807, 2.05) is 6.07 Å². The lowest BCUT2D eigenvalue weighted by Crippen LogP contribution is -2.21. The maximum Gasteiger partial charge on any atom is 0.0936 e. The Labute approximate surface area is 111 Å². The summed E-state index contributed by atoms with van der Waals surface area (Å²) >= 11 is 8.56. The molecule has 0 radical (unpaired) electrons. The number of aliphatic hydroxyl groups excluding tert-OH is 1. The summed E-state index contributed by atoms with van der Waals surface area (Å²) in [6, 6.07) is 2.03. The maximum absolute atomic E-state index is 10.4. The van der Waals surface area contributed by atoms with E-state index in [4.69, 9.17) is 0 Å². The van der Waals surface area contributed by atoms with E-state index in [1.165, 1.54) is 12.8 Å². The van der Waals surface area contributed by atoms with Gasteiger partial charge in [-0.2, -0.15) is 0 Å². The average Bonchev–Trinajstić information content (AvgIpc) is 2.75. The van der Waals surface area contributed by atoms with Crippen molar-refractivity contribution in [1.29, 1.82) is 0 Å². The molecule has 84 valence electrons. The summed E-state index contributed by atoms with van der Waals surface area (Å²) in [4.78, 5) is 1.07. The lowest BCUT2D eigenvalue weighted by atomic mass is 9.82. The Hall–Kier alpha value is 0.620. The molecule has 15 heavy (non-hydrogen) atoms. The number of thiophene rings is 1. The van der Waals surface area contributed by atoms with Crippen LogP contribution in [0.2, 0.25) is 0 Å². The van der Waals surface area contributed by atoms with Gasteiger partial charge < -0.3 is 5.11 Å². The Balaban J connectivity index is 2.23. The number of hydrogen-bond donors (Lipinski definition) is 1. The van der Waals surface area contributed by atoms with Crippen molar-refractivity contribution in [2.45, 2.75) is 38.7 Å². The van der Waals surface area contributed by atoms with Gasteiger partial charge in [-0.25, -0.2) is 0 Å². The minimum absolute atomic E-state index is 0.0870. The summed E-state index contributed by atoms with van der Waals surface area (Å²) in [5.74, 6) is 0. The smallest absolute Gasteiger partial charge is 0.0936 e. The zero-order chi connectivity index (χ0) is 11.1. The molecular formula is C11H14Br2OS. The maximum atomic E-state index is 10.4. The largest absolute Gasteiger partial charge is 0.387 e. The fraction of sp³-hybridized carbons (Fsp3) is 0.636. The third-order valence-corrected chi connectivity index (χ3v) is 6.65. The van der Waals surface area contributed by atoms with Crippen molar-refractivity contribution in [3.05, 3.63) is 19.2 Å². The average molecular weight is 354 g/mol. The standard InChI is InChI=1S/C11H14Br2OS/c1-11(4-2-3-5-11)9(14)8-6-7(12)10(13)15-8/h6,9,14H,2-5H2,1H3. The zero-order valence-electron chi connectivity index (χ0n) is 8.59. The van der Waals surface area contributed by atoms with E-state index in [0.29, 0.717) is 0 Å². The van der Waals surface area contributed by atoms with E-state index in [0.717, 1.165) is 26.0 Å². The number of aliphatic hydroxyl groups is 1. The first-order chi connectivity index (χ1) is 7.03. The molecule has 1 aromatic heterocycles. The molecule has 1 N–H and O–H groups in total. The Morgan fingerprint density at radius 2 is 2.00 bits per heavy atom. The van der Waals surface area contributed by atoms with Crippen LogP contribution in [-0.2, 0) is 0 Å². The number of rotatable bonds is 2. The fourth-order valence-electron chi connectivity index (χ4n) is 2.30. The summed E-state index contributed by atoms with van der Waals surface area (Å²) in [6.07, 6.45) is 4.47. The van der Waals surface area contributed by atoms with Crippen molar-refractivity contribution in [3.8, 4) is 0 Å². The van der Waals surface area contributed by atoms with Crippen molar-refractivity contribution < 1.29 is 5.11 Å². The Morgan fingerprint density at radius 3 is 2.47 bits per heavy atom. The van der Waals surface area contributed by atoms with E-state index >= 15 is 0 Å². The Morgan fingerprint density at radius 1 is 1.40 bits per heavy atom. The molecule has 1 aliphatic rings. The van der Waals surface area contributed by atoms with E-state index in [9.17, 15) is 5.11 Å². The zero-order valence-corrected chi connectivity index (χ0v) is 12.6. The molecule has 0 saturated heterocycles. The first kappa shape index (κ1) is 12.1. The van der Waals surface area contributed by atoms with Gasteiger partial charge in [-0.05, 0) is 56.2 Å². The number of hydrogen-bond acceptors (Lipinski definition) is 2. The first-order valence-electron chi connectivity index (χ1n) is 5.16. The molecule has 1 heterocycles. The van der Waals surface area contributed by atoms with E-state index in [-0.39, 0.29) is 11.5 Å². The van der Waals surface area contributed by atoms with Crippen molar-refractivity contribution in [3.63, 3.8) is 0 Å². The van der Waals surface area contributed by atoms with Crippen molar-refractivity contribution in [2.75, 3.05) is 0 Å². The molecule has 0 bridgehead atoms. The van der Waals surface area contributed by atoms with Crippen LogP contribution in [0.1, 0.15) is 43.6 Å². The molecule has 1 saturated carbocycles. The van der Waals surface area contributed by atoms with Crippen molar-refractivity contribution in [2.24, 2.45) is 5.41 Å². The van der Waals surface area contributed by atoms with E-state index in [2.05, 4.69) is 38.8 Å². The van der Waals surface area contributed by atoms with Crippen LogP contribution in [0.25, 0.3) is 0 Å². The van der Waals surface area contributed by atoms with Crippen LogP contribution in [0.4, 0.5) is 0 Å². The van der Waals surface area contributed by atoms with Crippen LogP contribution in [0.3, 0.4) is 0 Å². The molecule has 1 nitrogen and oxygen atoms in total. The summed E-state index contributed by atoms with van der Waals surface area (Å²) < 4.78 is 2.11. The predicted molar refractivity (Wildman–Crippen MR) is 71.3 cm³/mol. The molecule has 2 rings (SSSR count). The van der Waals surface area contributed by atoms with Gasteiger partial charge in [0.15, 0.2) is 0 Å². The third-order valence-electron chi connectivity index (χ3n) is 3.34. The van der Waals surface area contributed by atoms with E-state index < -0.39 is 0 Å². The van der Waals surface area contributed by atoms with Gasteiger partial charge in [-0.15, -0.1) is 11.3 Å². The first-order valence-corrected chi connectivity index (χ1v) is 7.56.